The first-order valence-electron chi connectivity index (χ1n) is 6.21. The first kappa shape index (κ1) is 15.7. The Hall–Kier alpha value is -0.280. The Kier molecular flexibility index (Phi) is 12.6. The molecule has 0 rings (SSSR count). The highest BCUT2D eigenvalue weighted by atomic mass is 35.5. The van der Waals surface area contributed by atoms with Gasteiger partial charge >= 0.3 is 0 Å². The van der Waals surface area contributed by atoms with Crippen LogP contribution in [0.25, 0.3) is 0 Å². The van der Waals surface area contributed by atoms with Gasteiger partial charge in [0.25, 0.3) is 0 Å². The van der Waals surface area contributed by atoms with E-state index in [9.17, 15) is 4.79 Å². The molecule has 0 aliphatic rings. The molecule has 0 aromatic carbocycles. The van der Waals surface area contributed by atoms with Crippen LogP contribution in [0.2, 0.25) is 0 Å². The fourth-order valence-corrected chi connectivity index (χ4v) is 1.47. The minimum atomic E-state index is 0.161. The van der Waals surface area contributed by atoms with Crippen LogP contribution in [0.1, 0.15) is 45.4 Å². The lowest BCUT2D eigenvalue weighted by Crippen LogP contribution is -2.24. The summed E-state index contributed by atoms with van der Waals surface area (Å²) in [7, 11) is 0. The average Bonchev–Trinajstić information content (AvgIpc) is 2.29. The Morgan fingerprint density at radius 3 is 2.69 bits per heavy atom. The van der Waals surface area contributed by atoms with Crippen LogP contribution in [0.5, 0.6) is 0 Å². The van der Waals surface area contributed by atoms with Crippen LogP contribution in [-0.2, 0) is 9.53 Å². The van der Waals surface area contributed by atoms with Gasteiger partial charge in [-0.25, -0.2) is 0 Å². The molecule has 0 aliphatic carbocycles. The molecular weight excluding hydrogens is 226 g/mol. The summed E-state index contributed by atoms with van der Waals surface area (Å²) in [6.07, 6.45) is 6.10. The molecule has 96 valence electrons. The Labute approximate surface area is 104 Å². The molecular formula is C12H24ClNO2. The molecule has 3 nitrogen and oxygen atoms in total. The molecule has 0 aromatic rings. The maximum atomic E-state index is 11.3. The second-order valence-corrected chi connectivity index (χ2v) is 4.19. The monoisotopic (exact) mass is 249 g/mol. The van der Waals surface area contributed by atoms with Gasteiger partial charge < -0.3 is 10.1 Å². The molecule has 0 fully saturated rings. The van der Waals surface area contributed by atoms with Crippen molar-refractivity contribution in [2.24, 2.45) is 0 Å². The van der Waals surface area contributed by atoms with Crippen molar-refractivity contribution in [1.29, 1.82) is 0 Å². The number of carbonyl (C=O) groups is 1. The van der Waals surface area contributed by atoms with Gasteiger partial charge in [0.2, 0.25) is 5.91 Å². The van der Waals surface area contributed by atoms with Crippen molar-refractivity contribution >= 4 is 17.5 Å². The fourth-order valence-electron chi connectivity index (χ4n) is 1.36. The first-order chi connectivity index (χ1) is 7.81. The molecule has 0 spiro atoms. The quantitative estimate of drug-likeness (QED) is 0.452. The molecule has 0 saturated carbocycles. The van der Waals surface area contributed by atoms with E-state index in [1.807, 2.05) is 0 Å². The number of carbonyl (C=O) groups excluding carboxylic acids is 1. The smallest absolute Gasteiger partial charge is 0.219 e. The molecule has 1 N–H and O–H groups in total. The number of rotatable bonds is 11. The van der Waals surface area contributed by atoms with Gasteiger partial charge in [-0.1, -0.05) is 26.2 Å². The van der Waals surface area contributed by atoms with Crippen molar-refractivity contribution in [3.05, 3.63) is 0 Å². The second-order valence-electron chi connectivity index (χ2n) is 3.82. The minimum Gasteiger partial charge on any atom is -0.380 e. The normalized spacial score (nSPS) is 10.4. The van der Waals surface area contributed by atoms with Gasteiger partial charge in [0.1, 0.15) is 0 Å². The number of alkyl halides is 1. The Morgan fingerprint density at radius 1 is 1.19 bits per heavy atom. The molecule has 0 unspecified atom stereocenters. The number of ether oxygens (including phenoxy) is 1. The van der Waals surface area contributed by atoms with E-state index in [1.54, 1.807) is 0 Å². The van der Waals surface area contributed by atoms with Gasteiger partial charge in [-0.3, -0.25) is 4.79 Å². The summed E-state index contributed by atoms with van der Waals surface area (Å²) in [4.78, 5) is 11.3. The van der Waals surface area contributed by atoms with Gasteiger partial charge in [-0.15, -0.1) is 11.6 Å². The summed E-state index contributed by atoms with van der Waals surface area (Å²) in [5.74, 6) is 0.692. The topological polar surface area (TPSA) is 38.3 Å². The summed E-state index contributed by atoms with van der Waals surface area (Å²) in [6.45, 7) is 4.13. The molecule has 0 radical (unpaired) electrons. The van der Waals surface area contributed by atoms with Crippen molar-refractivity contribution in [3.8, 4) is 0 Å². The highest BCUT2D eigenvalue weighted by molar-refractivity contribution is 6.17. The van der Waals surface area contributed by atoms with Crippen LogP contribution in [0, 0.1) is 0 Å². The van der Waals surface area contributed by atoms with Crippen LogP contribution in [0.4, 0.5) is 0 Å². The summed E-state index contributed by atoms with van der Waals surface area (Å²) < 4.78 is 5.19. The largest absolute Gasteiger partial charge is 0.380 e. The third-order valence-electron chi connectivity index (χ3n) is 2.27. The third kappa shape index (κ3) is 11.8. The zero-order chi connectivity index (χ0) is 12.1. The predicted molar refractivity (Wildman–Crippen MR) is 67.9 cm³/mol. The van der Waals surface area contributed by atoms with E-state index in [-0.39, 0.29) is 5.91 Å². The van der Waals surface area contributed by atoms with Crippen LogP contribution in [-0.4, -0.2) is 31.5 Å². The average molecular weight is 250 g/mol. The molecule has 0 bridgehead atoms. The highest BCUT2D eigenvalue weighted by Crippen LogP contribution is 2.01. The lowest BCUT2D eigenvalue weighted by atomic mass is 10.1. The van der Waals surface area contributed by atoms with E-state index in [0.717, 1.165) is 19.3 Å². The molecule has 4 heteroatoms. The van der Waals surface area contributed by atoms with E-state index in [2.05, 4.69) is 12.2 Å². The Morgan fingerprint density at radius 2 is 2.00 bits per heavy atom. The summed E-state index contributed by atoms with van der Waals surface area (Å²) in [6, 6.07) is 0. The molecule has 0 heterocycles. The minimum absolute atomic E-state index is 0.161. The van der Waals surface area contributed by atoms with Crippen molar-refractivity contribution in [1.82, 2.24) is 5.32 Å². The molecule has 1 amide bonds. The van der Waals surface area contributed by atoms with E-state index >= 15 is 0 Å². The van der Waals surface area contributed by atoms with E-state index in [4.69, 9.17) is 16.3 Å². The van der Waals surface area contributed by atoms with E-state index in [1.165, 1.54) is 12.8 Å². The number of amides is 1. The molecule has 0 aliphatic heterocycles. The molecule has 0 atom stereocenters. The maximum Gasteiger partial charge on any atom is 0.219 e. The number of hydrogen-bond donors (Lipinski definition) is 1. The van der Waals surface area contributed by atoms with Gasteiger partial charge in [-0.2, -0.15) is 0 Å². The van der Waals surface area contributed by atoms with Crippen LogP contribution in [0.3, 0.4) is 0 Å². The fraction of sp³-hybridized carbons (Fsp3) is 0.917. The van der Waals surface area contributed by atoms with Crippen LogP contribution < -0.4 is 5.32 Å². The number of hydrogen-bond acceptors (Lipinski definition) is 2. The standard InChI is InChI=1S/C12H24ClNO2/c1-2-3-4-5-7-12(15)14-9-6-10-16-11-8-13/h2-11H2,1H3,(H,14,15). The predicted octanol–water partition coefficient (Wildman–Crippen LogP) is 2.72. The van der Waals surface area contributed by atoms with Crippen molar-refractivity contribution in [2.75, 3.05) is 25.6 Å². The zero-order valence-electron chi connectivity index (χ0n) is 10.3. The van der Waals surface area contributed by atoms with Gasteiger partial charge in [0.15, 0.2) is 0 Å². The zero-order valence-corrected chi connectivity index (χ0v) is 11.0. The van der Waals surface area contributed by atoms with Gasteiger partial charge in [0, 0.05) is 25.5 Å². The highest BCUT2D eigenvalue weighted by Gasteiger charge is 1.99. The van der Waals surface area contributed by atoms with E-state index in [0.29, 0.717) is 32.1 Å². The van der Waals surface area contributed by atoms with Crippen molar-refractivity contribution in [2.45, 2.75) is 45.4 Å². The van der Waals surface area contributed by atoms with Gasteiger partial charge in [0.05, 0.1) is 6.61 Å². The number of nitrogens with one attached hydrogen (secondary N) is 1. The lowest BCUT2D eigenvalue weighted by Gasteiger charge is -2.05. The summed E-state index contributed by atoms with van der Waals surface area (Å²) in [5, 5.41) is 2.88. The van der Waals surface area contributed by atoms with Crippen LogP contribution in [0.15, 0.2) is 0 Å². The Bertz CT molecular complexity index is 165. The third-order valence-corrected chi connectivity index (χ3v) is 2.42. The molecule has 16 heavy (non-hydrogen) atoms. The van der Waals surface area contributed by atoms with Crippen molar-refractivity contribution < 1.29 is 9.53 Å². The lowest BCUT2D eigenvalue weighted by molar-refractivity contribution is -0.121. The molecule has 0 aromatic heterocycles. The SMILES string of the molecule is CCCCCCC(=O)NCCCOCCCl. The van der Waals surface area contributed by atoms with Gasteiger partial charge in [-0.05, 0) is 12.8 Å². The Balaban J connectivity index is 3.11. The number of unbranched alkanes of at least 4 members (excludes halogenated alkanes) is 3. The molecule has 0 saturated heterocycles. The summed E-state index contributed by atoms with van der Waals surface area (Å²) >= 11 is 5.45. The first-order valence-corrected chi connectivity index (χ1v) is 6.75. The summed E-state index contributed by atoms with van der Waals surface area (Å²) in [5.41, 5.74) is 0. The van der Waals surface area contributed by atoms with Crippen molar-refractivity contribution in [3.63, 3.8) is 0 Å². The van der Waals surface area contributed by atoms with Crippen LogP contribution >= 0.6 is 11.6 Å². The second kappa shape index (κ2) is 12.8. The van der Waals surface area contributed by atoms with E-state index < -0.39 is 0 Å². The number of halogens is 1. The maximum absolute atomic E-state index is 11.3.